The molecule has 0 spiro atoms. The summed E-state index contributed by atoms with van der Waals surface area (Å²) in [5.41, 5.74) is 1.43. The van der Waals surface area contributed by atoms with Gasteiger partial charge in [-0.15, -0.1) is 5.10 Å². The molecule has 100 valence electrons. The average Bonchev–Trinajstić information content (AvgIpc) is 2.85. The molecule has 0 unspecified atom stereocenters. The highest BCUT2D eigenvalue weighted by molar-refractivity contribution is 6.43. The number of nitrogens with zero attached hydrogens (tertiary/aromatic N) is 3. The Hall–Kier alpha value is -2.11. The second-order valence-electron chi connectivity index (χ2n) is 4.05. The average molecular weight is 308 g/mol. The fourth-order valence-electron chi connectivity index (χ4n) is 1.97. The van der Waals surface area contributed by atoms with E-state index in [2.05, 4.69) is 10.3 Å². The number of hydrogen-bond donors (Lipinski definition) is 1. The van der Waals surface area contributed by atoms with Crippen LogP contribution < -0.4 is 0 Å². The smallest absolute Gasteiger partial charge is 0.337 e. The zero-order valence-electron chi connectivity index (χ0n) is 9.92. The fourth-order valence-corrected chi connectivity index (χ4v) is 2.35. The molecule has 0 radical (unpaired) electrons. The highest BCUT2D eigenvalue weighted by Gasteiger charge is 2.17. The summed E-state index contributed by atoms with van der Waals surface area (Å²) in [7, 11) is 0. The third-order valence-electron chi connectivity index (χ3n) is 2.86. The number of benzene rings is 2. The molecule has 7 heteroatoms. The number of carboxylic acids is 1. The number of carbonyl (C=O) groups is 1. The lowest BCUT2D eigenvalue weighted by Crippen LogP contribution is -2.04. The van der Waals surface area contributed by atoms with Crippen LogP contribution in [0, 0.1) is 0 Å². The molecular formula is C13H7Cl2N3O2. The third kappa shape index (κ3) is 1.92. The number of rotatable bonds is 2. The Morgan fingerprint density at radius 3 is 2.65 bits per heavy atom. The van der Waals surface area contributed by atoms with Gasteiger partial charge in [0.2, 0.25) is 0 Å². The van der Waals surface area contributed by atoms with Gasteiger partial charge in [0.1, 0.15) is 11.0 Å². The van der Waals surface area contributed by atoms with Crippen LogP contribution >= 0.6 is 23.2 Å². The summed E-state index contributed by atoms with van der Waals surface area (Å²) < 4.78 is 1.38. The highest BCUT2D eigenvalue weighted by atomic mass is 35.5. The number of fused-ring (bicyclic) bond motifs is 1. The summed E-state index contributed by atoms with van der Waals surface area (Å²) in [5, 5.41) is 17.9. The van der Waals surface area contributed by atoms with Gasteiger partial charge in [0, 0.05) is 0 Å². The first-order valence-electron chi connectivity index (χ1n) is 5.61. The van der Waals surface area contributed by atoms with Crippen LogP contribution in [0.5, 0.6) is 0 Å². The highest BCUT2D eigenvalue weighted by Crippen LogP contribution is 2.30. The maximum absolute atomic E-state index is 11.3. The zero-order chi connectivity index (χ0) is 14.3. The number of hydrogen-bond acceptors (Lipinski definition) is 3. The van der Waals surface area contributed by atoms with Gasteiger partial charge in [-0.25, -0.2) is 9.48 Å². The molecule has 2 aromatic carbocycles. The van der Waals surface area contributed by atoms with Crippen molar-refractivity contribution in [2.45, 2.75) is 0 Å². The van der Waals surface area contributed by atoms with Crippen LogP contribution in [-0.4, -0.2) is 26.1 Å². The summed E-state index contributed by atoms with van der Waals surface area (Å²) >= 11 is 12.1. The predicted molar refractivity (Wildman–Crippen MR) is 75.8 cm³/mol. The van der Waals surface area contributed by atoms with Gasteiger partial charge in [0.25, 0.3) is 0 Å². The van der Waals surface area contributed by atoms with Crippen molar-refractivity contribution in [3.63, 3.8) is 0 Å². The van der Waals surface area contributed by atoms with Crippen molar-refractivity contribution >= 4 is 40.2 Å². The molecule has 0 aliphatic heterocycles. The van der Waals surface area contributed by atoms with Crippen LogP contribution in [0.4, 0.5) is 0 Å². The molecule has 5 nitrogen and oxygen atoms in total. The third-order valence-corrected chi connectivity index (χ3v) is 3.67. The zero-order valence-corrected chi connectivity index (χ0v) is 11.4. The molecule has 20 heavy (non-hydrogen) atoms. The SMILES string of the molecule is O=C(O)c1cccc2nnn(-c3cccc(Cl)c3Cl)c12. The van der Waals surface area contributed by atoms with Gasteiger partial charge in [0.05, 0.1) is 21.3 Å². The summed E-state index contributed by atoms with van der Waals surface area (Å²) in [6, 6.07) is 9.84. The topological polar surface area (TPSA) is 68.0 Å². The Bertz CT molecular complexity index is 830. The molecule has 0 aliphatic carbocycles. The molecule has 0 aliphatic rings. The molecule has 1 N–H and O–H groups in total. The van der Waals surface area contributed by atoms with E-state index in [0.717, 1.165) is 0 Å². The Morgan fingerprint density at radius 1 is 1.15 bits per heavy atom. The van der Waals surface area contributed by atoms with Crippen LogP contribution in [0.3, 0.4) is 0 Å². The Morgan fingerprint density at radius 2 is 1.90 bits per heavy atom. The van der Waals surface area contributed by atoms with E-state index in [9.17, 15) is 9.90 Å². The normalized spacial score (nSPS) is 10.9. The van der Waals surface area contributed by atoms with E-state index in [1.165, 1.54) is 10.7 Å². The van der Waals surface area contributed by atoms with Crippen LogP contribution in [0.2, 0.25) is 10.0 Å². The summed E-state index contributed by atoms with van der Waals surface area (Å²) in [6.07, 6.45) is 0. The Kier molecular flexibility index (Phi) is 3.08. The van der Waals surface area contributed by atoms with Gasteiger partial charge in [-0.2, -0.15) is 0 Å². The standard InChI is InChI=1S/C13H7Cl2N3O2/c14-8-4-2-6-10(11(8)15)18-12-7(13(19)20)3-1-5-9(12)16-17-18/h1-6H,(H,19,20). The number of halogens is 2. The molecule has 3 rings (SSSR count). The predicted octanol–water partition coefficient (Wildman–Crippen LogP) is 3.43. The van der Waals surface area contributed by atoms with Gasteiger partial charge in [-0.05, 0) is 24.3 Å². The molecule has 1 heterocycles. The van der Waals surface area contributed by atoms with Gasteiger partial charge in [-0.1, -0.05) is 40.5 Å². The van der Waals surface area contributed by atoms with Crippen molar-refractivity contribution in [1.29, 1.82) is 0 Å². The van der Waals surface area contributed by atoms with Crippen LogP contribution in [0.15, 0.2) is 36.4 Å². The number of aromatic nitrogens is 3. The Balaban J connectivity index is 2.38. The van der Waals surface area contributed by atoms with Gasteiger partial charge >= 0.3 is 5.97 Å². The fraction of sp³-hybridized carbons (Fsp3) is 0. The van der Waals surface area contributed by atoms with Crippen molar-refractivity contribution < 1.29 is 9.90 Å². The molecule has 0 fully saturated rings. The minimum atomic E-state index is -1.06. The molecular weight excluding hydrogens is 301 g/mol. The monoisotopic (exact) mass is 307 g/mol. The molecule has 0 saturated heterocycles. The van der Waals surface area contributed by atoms with Crippen molar-refractivity contribution in [1.82, 2.24) is 15.0 Å². The maximum Gasteiger partial charge on any atom is 0.337 e. The van der Waals surface area contributed by atoms with Gasteiger partial charge in [0.15, 0.2) is 0 Å². The minimum Gasteiger partial charge on any atom is -0.478 e. The first-order chi connectivity index (χ1) is 9.59. The Labute approximate surface area is 123 Å². The lowest BCUT2D eigenvalue weighted by atomic mass is 10.2. The maximum atomic E-state index is 11.3. The lowest BCUT2D eigenvalue weighted by Gasteiger charge is -2.07. The largest absolute Gasteiger partial charge is 0.478 e. The van der Waals surface area contributed by atoms with E-state index in [4.69, 9.17) is 23.2 Å². The van der Waals surface area contributed by atoms with Crippen LogP contribution in [0.1, 0.15) is 10.4 Å². The summed E-state index contributed by atoms with van der Waals surface area (Å²) in [6.45, 7) is 0. The summed E-state index contributed by atoms with van der Waals surface area (Å²) in [4.78, 5) is 11.3. The first kappa shape index (κ1) is 12.9. The van der Waals surface area contributed by atoms with E-state index in [0.29, 0.717) is 26.8 Å². The number of para-hydroxylation sites is 1. The summed E-state index contributed by atoms with van der Waals surface area (Å²) in [5.74, 6) is -1.06. The molecule has 0 bridgehead atoms. The van der Waals surface area contributed by atoms with Gasteiger partial charge < -0.3 is 5.11 Å². The second-order valence-corrected chi connectivity index (χ2v) is 4.84. The lowest BCUT2D eigenvalue weighted by molar-refractivity contribution is 0.0698. The molecule has 0 atom stereocenters. The second kappa shape index (κ2) is 4.77. The quantitative estimate of drug-likeness (QED) is 0.787. The van der Waals surface area contributed by atoms with E-state index in [1.54, 1.807) is 30.3 Å². The molecule has 3 aromatic rings. The first-order valence-corrected chi connectivity index (χ1v) is 6.37. The van der Waals surface area contributed by atoms with Gasteiger partial charge in [-0.3, -0.25) is 0 Å². The van der Waals surface area contributed by atoms with Crippen LogP contribution in [-0.2, 0) is 0 Å². The molecule has 0 saturated carbocycles. The van der Waals surface area contributed by atoms with Crippen molar-refractivity contribution in [3.8, 4) is 5.69 Å². The number of aromatic carboxylic acids is 1. The van der Waals surface area contributed by atoms with E-state index in [1.807, 2.05) is 0 Å². The van der Waals surface area contributed by atoms with E-state index in [-0.39, 0.29) is 5.56 Å². The van der Waals surface area contributed by atoms with E-state index >= 15 is 0 Å². The van der Waals surface area contributed by atoms with Crippen molar-refractivity contribution in [2.75, 3.05) is 0 Å². The van der Waals surface area contributed by atoms with Crippen LogP contribution in [0.25, 0.3) is 16.7 Å². The van der Waals surface area contributed by atoms with E-state index < -0.39 is 5.97 Å². The van der Waals surface area contributed by atoms with Crippen molar-refractivity contribution in [3.05, 3.63) is 52.0 Å². The van der Waals surface area contributed by atoms with Crippen molar-refractivity contribution in [2.24, 2.45) is 0 Å². The number of carboxylic acid groups (broad SMARTS) is 1. The molecule has 1 aromatic heterocycles. The minimum absolute atomic E-state index is 0.101. The molecule has 0 amide bonds.